The number of anilines is 1. The SMILES string of the molecule is CC1OCCC1C(=O)Nc1cc(S(N)(=O)=O)ccc1F. The van der Waals surface area contributed by atoms with Crippen molar-refractivity contribution < 1.29 is 22.3 Å². The second-order valence-corrected chi connectivity index (χ2v) is 6.21. The topological polar surface area (TPSA) is 98.5 Å². The standard InChI is InChI=1S/C12H15FN2O4S/c1-7-9(4-5-19-7)12(16)15-11-6-8(20(14,17)18)2-3-10(11)13/h2-3,6-7,9H,4-5H2,1H3,(H,15,16)(H2,14,17,18). The van der Waals surface area contributed by atoms with Crippen molar-refractivity contribution >= 4 is 21.6 Å². The molecule has 1 aromatic rings. The second-order valence-electron chi connectivity index (χ2n) is 4.65. The molecule has 2 atom stereocenters. The highest BCUT2D eigenvalue weighted by Crippen LogP contribution is 2.24. The minimum absolute atomic E-state index is 0.208. The van der Waals surface area contributed by atoms with E-state index in [2.05, 4.69) is 5.32 Å². The van der Waals surface area contributed by atoms with Crippen molar-refractivity contribution in [3.05, 3.63) is 24.0 Å². The van der Waals surface area contributed by atoms with Gasteiger partial charge in [0.15, 0.2) is 0 Å². The van der Waals surface area contributed by atoms with Crippen LogP contribution in [0.3, 0.4) is 0 Å². The number of carbonyl (C=O) groups excluding carboxylic acids is 1. The van der Waals surface area contributed by atoms with Crippen molar-refractivity contribution in [3.63, 3.8) is 0 Å². The van der Waals surface area contributed by atoms with E-state index in [0.717, 1.165) is 18.2 Å². The number of rotatable bonds is 3. The minimum Gasteiger partial charge on any atom is -0.378 e. The molecule has 3 N–H and O–H groups in total. The average molecular weight is 302 g/mol. The molecule has 0 radical (unpaired) electrons. The molecule has 1 saturated heterocycles. The molecule has 1 aliphatic heterocycles. The van der Waals surface area contributed by atoms with E-state index >= 15 is 0 Å². The maximum atomic E-state index is 13.6. The lowest BCUT2D eigenvalue weighted by Crippen LogP contribution is -2.28. The van der Waals surface area contributed by atoms with E-state index < -0.39 is 21.7 Å². The fourth-order valence-electron chi connectivity index (χ4n) is 2.08. The summed E-state index contributed by atoms with van der Waals surface area (Å²) in [6.07, 6.45) is 0.295. The first-order chi connectivity index (χ1) is 9.29. The van der Waals surface area contributed by atoms with Gasteiger partial charge in [0.05, 0.1) is 22.6 Å². The highest BCUT2D eigenvalue weighted by atomic mass is 32.2. The third kappa shape index (κ3) is 3.14. The maximum Gasteiger partial charge on any atom is 0.238 e. The van der Waals surface area contributed by atoms with Crippen LogP contribution >= 0.6 is 0 Å². The quantitative estimate of drug-likeness (QED) is 0.864. The summed E-state index contributed by atoms with van der Waals surface area (Å²) in [7, 11) is -3.95. The molecule has 8 heteroatoms. The predicted molar refractivity (Wildman–Crippen MR) is 69.9 cm³/mol. The van der Waals surface area contributed by atoms with Gasteiger partial charge in [0.1, 0.15) is 5.82 Å². The van der Waals surface area contributed by atoms with Gasteiger partial charge in [-0.25, -0.2) is 17.9 Å². The number of halogens is 1. The predicted octanol–water partition coefficient (Wildman–Crippen LogP) is 0.837. The monoisotopic (exact) mass is 302 g/mol. The molecular weight excluding hydrogens is 287 g/mol. The van der Waals surface area contributed by atoms with Crippen LogP contribution in [0.5, 0.6) is 0 Å². The van der Waals surface area contributed by atoms with Crippen molar-refractivity contribution in [3.8, 4) is 0 Å². The van der Waals surface area contributed by atoms with Crippen molar-refractivity contribution in [2.45, 2.75) is 24.3 Å². The fourth-order valence-corrected chi connectivity index (χ4v) is 2.62. The molecule has 2 rings (SSSR count). The molecule has 1 aromatic carbocycles. The van der Waals surface area contributed by atoms with Crippen molar-refractivity contribution in [1.29, 1.82) is 0 Å². The van der Waals surface area contributed by atoms with Crippen molar-refractivity contribution in [2.24, 2.45) is 11.1 Å². The second kappa shape index (κ2) is 5.47. The van der Waals surface area contributed by atoms with E-state index in [1.807, 2.05) is 0 Å². The van der Waals surface area contributed by atoms with Crippen LogP contribution in [0.2, 0.25) is 0 Å². The molecule has 20 heavy (non-hydrogen) atoms. The Hall–Kier alpha value is -1.51. The van der Waals surface area contributed by atoms with Crippen LogP contribution in [0.25, 0.3) is 0 Å². The van der Waals surface area contributed by atoms with Crippen LogP contribution in [0, 0.1) is 11.7 Å². The zero-order valence-corrected chi connectivity index (χ0v) is 11.6. The summed E-state index contributed by atoms with van der Waals surface area (Å²) in [6, 6.07) is 2.99. The first-order valence-corrected chi connectivity index (χ1v) is 7.58. The molecule has 6 nitrogen and oxygen atoms in total. The van der Waals surface area contributed by atoms with E-state index in [4.69, 9.17) is 9.88 Å². The normalized spacial score (nSPS) is 22.8. The number of ether oxygens (including phenoxy) is 1. The van der Waals surface area contributed by atoms with E-state index in [9.17, 15) is 17.6 Å². The molecule has 110 valence electrons. The van der Waals surface area contributed by atoms with E-state index in [-0.39, 0.29) is 22.6 Å². The first kappa shape index (κ1) is 14.9. The lowest BCUT2D eigenvalue weighted by molar-refractivity contribution is -0.121. The number of sulfonamides is 1. The molecule has 1 fully saturated rings. The molecule has 0 spiro atoms. The van der Waals surface area contributed by atoms with E-state index in [0.29, 0.717) is 13.0 Å². The Kier molecular flexibility index (Phi) is 4.07. The molecule has 1 amide bonds. The van der Waals surface area contributed by atoms with Gasteiger partial charge in [0, 0.05) is 6.61 Å². The Labute approximate surface area is 116 Å². The van der Waals surface area contributed by atoms with Gasteiger partial charge in [0.2, 0.25) is 15.9 Å². The third-order valence-corrected chi connectivity index (χ3v) is 4.15. The lowest BCUT2D eigenvalue weighted by Gasteiger charge is -2.14. The number of primary sulfonamides is 1. The minimum atomic E-state index is -3.95. The van der Waals surface area contributed by atoms with Crippen LogP contribution in [-0.2, 0) is 19.6 Å². The number of nitrogens with one attached hydrogen (secondary N) is 1. The Morgan fingerprint density at radius 2 is 2.20 bits per heavy atom. The zero-order valence-electron chi connectivity index (χ0n) is 10.8. The van der Waals surface area contributed by atoms with Gasteiger partial charge in [-0.1, -0.05) is 0 Å². The van der Waals surface area contributed by atoms with Crippen molar-refractivity contribution in [1.82, 2.24) is 0 Å². The van der Waals surface area contributed by atoms with E-state index in [1.165, 1.54) is 0 Å². The number of hydrogen-bond donors (Lipinski definition) is 2. The molecule has 2 unspecified atom stereocenters. The van der Waals surface area contributed by atoms with Gasteiger partial charge in [0.25, 0.3) is 0 Å². The smallest absolute Gasteiger partial charge is 0.238 e. The van der Waals surface area contributed by atoms with Crippen molar-refractivity contribution in [2.75, 3.05) is 11.9 Å². The van der Waals surface area contributed by atoms with Gasteiger partial charge in [-0.3, -0.25) is 4.79 Å². The van der Waals surface area contributed by atoms with Crippen LogP contribution in [-0.4, -0.2) is 27.0 Å². The summed E-state index contributed by atoms with van der Waals surface area (Å²) in [5.74, 6) is -1.51. The van der Waals surface area contributed by atoms with Gasteiger partial charge in [-0.15, -0.1) is 0 Å². The molecule has 0 aromatic heterocycles. The Bertz CT molecular complexity index is 632. The summed E-state index contributed by atoms with van der Waals surface area (Å²) in [5.41, 5.74) is -0.208. The number of amides is 1. The molecular formula is C12H15FN2O4S. The molecule has 1 heterocycles. The summed E-state index contributed by atoms with van der Waals surface area (Å²) < 4.78 is 41.3. The van der Waals surface area contributed by atoms with Crippen LogP contribution < -0.4 is 10.5 Å². The largest absolute Gasteiger partial charge is 0.378 e. The average Bonchev–Trinajstić information content (AvgIpc) is 2.77. The molecule has 1 aliphatic rings. The summed E-state index contributed by atoms with van der Waals surface area (Å²) in [5, 5.41) is 7.35. The number of benzene rings is 1. The first-order valence-electron chi connectivity index (χ1n) is 6.04. The summed E-state index contributed by atoms with van der Waals surface area (Å²) in [6.45, 7) is 2.23. The Morgan fingerprint density at radius 3 is 2.75 bits per heavy atom. The summed E-state index contributed by atoms with van der Waals surface area (Å²) in [4.78, 5) is 11.7. The lowest BCUT2D eigenvalue weighted by atomic mass is 10.0. The number of carbonyl (C=O) groups is 1. The molecule has 0 aliphatic carbocycles. The zero-order chi connectivity index (χ0) is 14.9. The van der Waals surface area contributed by atoms with E-state index in [1.54, 1.807) is 6.92 Å². The fraction of sp³-hybridized carbons (Fsp3) is 0.417. The van der Waals surface area contributed by atoms with Gasteiger partial charge in [-0.2, -0.15) is 0 Å². The van der Waals surface area contributed by atoms with Gasteiger partial charge < -0.3 is 10.1 Å². The Balaban J connectivity index is 2.22. The number of nitrogens with two attached hydrogens (primary N) is 1. The number of hydrogen-bond acceptors (Lipinski definition) is 4. The van der Waals surface area contributed by atoms with Crippen LogP contribution in [0.4, 0.5) is 10.1 Å². The third-order valence-electron chi connectivity index (χ3n) is 3.24. The maximum absolute atomic E-state index is 13.6. The van der Waals surface area contributed by atoms with Gasteiger partial charge in [-0.05, 0) is 31.5 Å². The van der Waals surface area contributed by atoms with Gasteiger partial charge >= 0.3 is 0 Å². The molecule has 0 saturated carbocycles. The highest BCUT2D eigenvalue weighted by Gasteiger charge is 2.31. The van der Waals surface area contributed by atoms with Crippen LogP contribution in [0.1, 0.15) is 13.3 Å². The highest BCUT2D eigenvalue weighted by molar-refractivity contribution is 7.89. The molecule has 0 bridgehead atoms. The summed E-state index contributed by atoms with van der Waals surface area (Å²) >= 11 is 0. The Morgan fingerprint density at radius 1 is 1.50 bits per heavy atom. The van der Waals surface area contributed by atoms with Crippen LogP contribution in [0.15, 0.2) is 23.1 Å².